The zero-order chi connectivity index (χ0) is 29.0. The second kappa shape index (κ2) is 12.8. The van der Waals surface area contributed by atoms with Crippen molar-refractivity contribution in [2.24, 2.45) is 5.41 Å². The van der Waals surface area contributed by atoms with Gasteiger partial charge in [0, 0.05) is 12.6 Å². The highest BCUT2D eigenvalue weighted by Gasteiger charge is 2.42. The van der Waals surface area contributed by atoms with Gasteiger partial charge in [-0.05, 0) is 55.9 Å². The van der Waals surface area contributed by atoms with E-state index in [0.29, 0.717) is 46.8 Å². The van der Waals surface area contributed by atoms with Gasteiger partial charge < -0.3 is 20.3 Å². The fourth-order valence-electron chi connectivity index (χ4n) is 5.81. The zero-order valence-electron chi connectivity index (χ0n) is 24.4. The number of nitrogens with two attached hydrogens (primary N) is 1. The molecule has 0 amide bonds. The lowest BCUT2D eigenvalue weighted by Gasteiger charge is -2.38. The molecule has 0 aliphatic carbocycles. The summed E-state index contributed by atoms with van der Waals surface area (Å²) in [5, 5.41) is 9.73. The average Bonchev–Trinajstić information content (AvgIpc) is 3.25. The summed E-state index contributed by atoms with van der Waals surface area (Å²) in [5.74, 6) is 2.20. The second-order valence-electron chi connectivity index (χ2n) is 11.9. The van der Waals surface area contributed by atoms with Gasteiger partial charge in [0.2, 0.25) is 0 Å². The van der Waals surface area contributed by atoms with Gasteiger partial charge in [-0.1, -0.05) is 59.1 Å². The fourth-order valence-corrected chi connectivity index (χ4v) is 11.3. The first-order valence-electron chi connectivity index (χ1n) is 13.4. The Kier molecular flexibility index (Phi) is 10.7. The van der Waals surface area contributed by atoms with Crippen LogP contribution in [0.25, 0.3) is 0 Å². The Morgan fingerprint density at radius 2 is 1.79 bits per heavy atom. The van der Waals surface area contributed by atoms with Gasteiger partial charge in [0.25, 0.3) is 0 Å². The Labute approximate surface area is 234 Å². The number of ether oxygens (including phenoxy) is 2. The van der Waals surface area contributed by atoms with Crippen molar-refractivity contribution in [3.63, 3.8) is 0 Å². The molecule has 1 aromatic carbocycles. The molecule has 1 aliphatic heterocycles. The van der Waals surface area contributed by atoms with Crippen LogP contribution < -0.4 is 10.5 Å². The summed E-state index contributed by atoms with van der Waals surface area (Å²) in [6.07, 6.45) is 1.83. The van der Waals surface area contributed by atoms with Crippen LogP contribution in [-0.4, -0.2) is 62.9 Å². The second-order valence-corrected chi connectivity index (χ2v) is 17.9. The summed E-state index contributed by atoms with van der Waals surface area (Å²) in [5.41, 5.74) is 11.4. The van der Waals surface area contributed by atoms with Crippen molar-refractivity contribution in [3.05, 3.63) is 22.2 Å². The molecule has 7 nitrogen and oxygen atoms in total. The third kappa shape index (κ3) is 6.67. The highest BCUT2D eigenvalue weighted by Crippen LogP contribution is 2.42. The molecule has 0 saturated carbocycles. The molecule has 1 aliphatic rings. The highest BCUT2D eigenvalue weighted by molar-refractivity contribution is 6.90. The number of nitrogen functional groups attached to an aromatic ring is 1. The maximum Gasteiger partial charge on any atom is 0.339 e. The number of nitrogens with zero attached hydrogens (tertiary/aromatic N) is 1. The summed E-state index contributed by atoms with van der Waals surface area (Å²) < 4.78 is 11.2. The van der Waals surface area contributed by atoms with Gasteiger partial charge in [0.15, 0.2) is 0 Å². The molecule has 1 aromatic rings. The van der Waals surface area contributed by atoms with Crippen LogP contribution in [0.3, 0.4) is 0 Å². The summed E-state index contributed by atoms with van der Waals surface area (Å²) in [7, 11) is -0.793. The van der Waals surface area contributed by atoms with Crippen molar-refractivity contribution in [1.29, 1.82) is 0 Å². The Balaban J connectivity index is 2.50. The third-order valence-corrected chi connectivity index (χ3v) is 14.7. The molecule has 0 aromatic heterocycles. The van der Waals surface area contributed by atoms with Crippen LogP contribution in [0, 0.1) is 16.9 Å². The number of carbonyl (C=O) groups excluding carboxylic acids is 1. The molecule has 0 spiro atoms. The Hall–Kier alpha value is -2.21. The van der Waals surface area contributed by atoms with Gasteiger partial charge in [-0.15, -0.1) is 5.54 Å². The minimum atomic E-state index is -2.09. The van der Waals surface area contributed by atoms with Gasteiger partial charge >= 0.3 is 11.9 Å². The van der Waals surface area contributed by atoms with E-state index >= 15 is 0 Å². The average molecular weight is 565 g/mol. The van der Waals surface area contributed by atoms with Gasteiger partial charge in [-0.2, -0.15) is 0 Å². The number of carboxylic acids is 1. The van der Waals surface area contributed by atoms with E-state index in [0.717, 1.165) is 19.4 Å². The number of aliphatic carboxylic acids is 1. The zero-order valence-corrected chi connectivity index (χ0v) is 26.2. The quantitative estimate of drug-likeness (QED) is 0.150. The number of carboxylic acid groups (broad SMARTS) is 1. The van der Waals surface area contributed by atoms with Crippen LogP contribution in [0.1, 0.15) is 84.2 Å². The number of likely N-dealkylation sites (tertiary alicyclic amines) is 1. The fraction of sp³-hybridized carbons (Fsp3) is 0.655. The van der Waals surface area contributed by atoms with Crippen LogP contribution in [0.2, 0.25) is 21.6 Å². The molecular formula is C29H45ClN2O5Si. The van der Waals surface area contributed by atoms with E-state index in [1.807, 2.05) is 0 Å². The number of anilines is 1. The van der Waals surface area contributed by atoms with Gasteiger partial charge in [-0.3, -0.25) is 9.69 Å². The normalized spacial score (nSPS) is 16.6. The molecule has 1 heterocycles. The molecular weight excluding hydrogens is 520 g/mol. The van der Waals surface area contributed by atoms with Gasteiger partial charge in [0.05, 0.1) is 34.4 Å². The van der Waals surface area contributed by atoms with Crippen molar-refractivity contribution < 1.29 is 24.2 Å². The Morgan fingerprint density at radius 3 is 2.29 bits per heavy atom. The Bertz CT molecular complexity index is 1070. The van der Waals surface area contributed by atoms with Gasteiger partial charge in [-0.25, -0.2) is 4.79 Å². The van der Waals surface area contributed by atoms with E-state index in [2.05, 4.69) is 57.9 Å². The van der Waals surface area contributed by atoms with Crippen LogP contribution in [0.4, 0.5) is 5.69 Å². The molecule has 0 radical (unpaired) electrons. The third-order valence-electron chi connectivity index (χ3n) is 8.05. The molecule has 2 rings (SSSR count). The van der Waals surface area contributed by atoms with E-state index in [9.17, 15) is 14.7 Å². The summed E-state index contributed by atoms with van der Waals surface area (Å²) in [4.78, 5) is 26.4. The first-order valence-corrected chi connectivity index (χ1v) is 16.0. The van der Waals surface area contributed by atoms with E-state index in [-0.39, 0.29) is 16.6 Å². The number of methoxy groups -OCH3 is 1. The van der Waals surface area contributed by atoms with E-state index in [4.69, 9.17) is 26.8 Å². The predicted molar refractivity (Wildman–Crippen MR) is 157 cm³/mol. The summed E-state index contributed by atoms with van der Waals surface area (Å²) >= 11 is 6.69. The summed E-state index contributed by atoms with van der Waals surface area (Å²) in [6.45, 7) is 18.3. The minimum absolute atomic E-state index is 0.0303. The highest BCUT2D eigenvalue weighted by atomic mass is 35.5. The molecule has 1 saturated heterocycles. The summed E-state index contributed by atoms with van der Waals surface area (Å²) in [6, 6.07) is 1.55. The Morgan fingerprint density at radius 1 is 1.21 bits per heavy atom. The van der Waals surface area contributed by atoms with Crippen LogP contribution >= 0.6 is 11.6 Å². The van der Waals surface area contributed by atoms with E-state index in [1.54, 1.807) is 13.8 Å². The molecule has 38 heavy (non-hydrogen) atoms. The topological polar surface area (TPSA) is 102 Å². The molecule has 3 N–H and O–H groups in total. The lowest BCUT2D eigenvalue weighted by Crippen LogP contribution is -2.43. The molecule has 9 heteroatoms. The lowest BCUT2D eigenvalue weighted by atomic mass is 9.93. The minimum Gasteiger partial charge on any atom is -0.490 e. The van der Waals surface area contributed by atoms with Gasteiger partial charge in [0.1, 0.15) is 20.4 Å². The van der Waals surface area contributed by atoms with Crippen molar-refractivity contribution in [2.75, 3.05) is 32.5 Å². The number of carbonyl (C=O) groups is 2. The lowest BCUT2D eigenvalue weighted by molar-refractivity contribution is -0.148. The SMILES string of the molecule is COC(=O)c1cc(OC[C@H]2CCCN2CC(C)(C)C(=O)O)c(N)c(C#C[Si](C(C)C)(C(C)C)C(C)C)c1Cl. The van der Waals surface area contributed by atoms with Crippen LogP contribution in [0.5, 0.6) is 5.75 Å². The molecule has 0 unspecified atom stereocenters. The monoisotopic (exact) mass is 564 g/mol. The maximum atomic E-state index is 12.6. The van der Waals surface area contributed by atoms with E-state index in [1.165, 1.54) is 13.2 Å². The van der Waals surface area contributed by atoms with Crippen molar-refractivity contribution in [2.45, 2.75) is 90.9 Å². The van der Waals surface area contributed by atoms with Crippen molar-refractivity contribution in [1.82, 2.24) is 4.90 Å². The number of hydrogen-bond donors (Lipinski definition) is 2. The molecule has 1 atom stereocenters. The van der Waals surface area contributed by atoms with Crippen molar-refractivity contribution in [3.8, 4) is 17.2 Å². The first-order chi connectivity index (χ1) is 17.6. The largest absolute Gasteiger partial charge is 0.490 e. The van der Waals surface area contributed by atoms with E-state index < -0.39 is 25.4 Å². The first kappa shape index (κ1) is 32.0. The smallest absolute Gasteiger partial charge is 0.339 e. The van der Waals surface area contributed by atoms with Crippen LogP contribution in [0.15, 0.2) is 6.07 Å². The molecule has 212 valence electrons. The number of rotatable bonds is 10. The number of hydrogen-bond acceptors (Lipinski definition) is 6. The maximum absolute atomic E-state index is 12.6. The van der Waals surface area contributed by atoms with Crippen LogP contribution in [-0.2, 0) is 9.53 Å². The number of halogens is 1. The predicted octanol–water partition coefficient (Wildman–Crippen LogP) is 6.23. The molecule has 1 fully saturated rings. The number of benzene rings is 1. The van der Waals surface area contributed by atoms with Crippen molar-refractivity contribution >= 4 is 37.3 Å². The standard InChI is InChI=1S/C29H45ClN2O5Si/c1-18(2)38(19(3)4,20(5)6)14-12-22-25(30)23(27(33)36-9)15-24(26(22)31)37-16-21-11-10-13-32(21)17-29(7,8)28(34)35/h15,18-21H,10-11,13,16-17,31H2,1-9H3,(H,34,35)/t21-/m1/s1. The number of esters is 1. The molecule has 0 bridgehead atoms.